The van der Waals surface area contributed by atoms with Crippen molar-refractivity contribution in [2.24, 2.45) is 5.41 Å². The van der Waals surface area contributed by atoms with Crippen molar-refractivity contribution in [1.82, 2.24) is 19.9 Å². The number of hydrogen-bond acceptors (Lipinski definition) is 4. The van der Waals surface area contributed by atoms with Gasteiger partial charge in [0, 0.05) is 16.8 Å². The maximum Gasteiger partial charge on any atom is 0.182 e. The van der Waals surface area contributed by atoms with Crippen LogP contribution in [0.15, 0.2) is 12.7 Å². The molecule has 1 saturated carbocycles. The fraction of sp³-hybridized carbons (Fsp3) is 0.545. The summed E-state index contributed by atoms with van der Waals surface area (Å²) in [4.78, 5) is 15.5. The topological polar surface area (TPSA) is 66.5 Å². The van der Waals surface area contributed by atoms with Gasteiger partial charge >= 0.3 is 0 Å². The summed E-state index contributed by atoms with van der Waals surface area (Å²) < 4.78 is 0. The molecule has 5 nitrogen and oxygen atoms in total. The second-order valence-electron chi connectivity index (χ2n) is 5.04. The van der Waals surface area contributed by atoms with Crippen molar-refractivity contribution in [3.05, 3.63) is 12.7 Å². The van der Waals surface area contributed by atoms with Gasteiger partial charge in [0.25, 0.3) is 0 Å². The summed E-state index contributed by atoms with van der Waals surface area (Å²) in [5.41, 5.74) is 1.61. The van der Waals surface area contributed by atoms with Crippen LogP contribution in [0.4, 0.5) is 5.82 Å². The lowest BCUT2D eigenvalue weighted by atomic mass is 9.67. The van der Waals surface area contributed by atoms with Crippen molar-refractivity contribution >= 4 is 28.6 Å². The highest BCUT2D eigenvalue weighted by atomic mass is 35.5. The summed E-state index contributed by atoms with van der Waals surface area (Å²) >= 11 is 6.21. The summed E-state index contributed by atoms with van der Waals surface area (Å²) in [6.07, 6.45) is 4.10. The lowest BCUT2D eigenvalue weighted by Gasteiger charge is -2.49. The summed E-state index contributed by atoms with van der Waals surface area (Å²) in [7, 11) is 0. The van der Waals surface area contributed by atoms with Crippen LogP contribution >= 0.6 is 11.6 Å². The van der Waals surface area contributed by atoms with E-state index in [2.05, 4.69) is 39.1 Å². The SMILES string of the molecule is CC1(C)C(Cl)CC1Nc1ncnc2nc[nH]c12. The Morgan fingerprint density at radius 1 is 1.41 bits per heavy atom. The van der Waals surface area contributed by atoms with Gasteiger partial charge < -0.3 is 10.3 Å². The average molecular weight is 252 g/mol. The molecule has 2 N–H and O–H groups in total. The number of halogens is 1. The molecule has 0 spiro atoms. The van der Waals surface area contributed by atoms with Crippen molar-refractivity contribution in [2.75, 3.05) is 5.32 Å². The van der Waals surface area contributed by atoms with E-state index in [1.165, 1.54) is 6.33 Å². The minimum Gasteiger partial charge on any atom is -0.365 e. The maximum atomic E-state index is 6.21. The molecular formula is C11H14ClN5. The van der Waals surface area contributed by atoms with Gasteiger partial charge in [-0.1, -0.05) is 13.8 Å². The molecule has 2 unspecified atom stereocenters. The first-order chi connectivity index (χ1) is 8.09. The Balaban J connectivity index is 1.89. The third kappa shape index (κ3) is 1.57. The number of aromatic nitrogens is 4. The number of nitrogens with one attached hydrogen (secondary N) is 2. The highest BCUT2D eigenvalue weighted by molar-refractivity contribution is 6.22. The molecule has 2 aromatic rings. The predicted octanol–water partition coefficient (Wildman–Crippen LogP) is 2.17. The number of hydrogen-bond donors (Lipinski definition) is 2. The molecule has 0 saturated heterocycles. The lowest BCUT2D eigenvalue weighted by molar-refractivity contribution is 0.168. The van der Waals surface area contributed by atoms with Crippen LogP contribution in [0, 0.1) is 5.41 Å². The normalized spacial score (nSPS) is 26.8. The Morgan fingerprint density at radius 3 is 2.94 bits per heavy atom. The lowest BCUT2D eigenvalue weighted by Crippen LogP contribution is -2.54. The molecule has 1 aliphatic carbocycles. The zero-order chi connectivity index (χ0) is 12.0. The number of rotatable bonds is 2. The molecule has 6 heteroatoms. The third-order valence-electron chi connectivity index (χ3n) is 3.68. The highest BCUT2D eigenvalue weighted by Crippen LogP contribution is 2.45. The molecule has 1 fully saturated rings. The molecule has 0 amide bonds. The molecule has 2 heterocycles. The second kappa shape index (κ2) is 3.57. The molecule has 17 heavy (non-hydrogen) atoms. The van der Waals surface area contributed by atoms with E-state index >= 15 is 0 Å². The van der Waals surface area contributed by atoms with Crippen LogP contribution in [0.5, 0.6) is 0 Å². The Morgan fingerprint density at radius 2 is 2.24 bits per heavy atom. The number of fused-ring (bicyclic) bond motifs is 1. The number of imidazole rings is 1. The second-order valence-corrected chi connectivity index (χ2v) is 5.57. The Kier molecular flexibility index (Phi) is 2.26. The molecular weight excluding hydrogens is 238 g/mol. The van der Waals surface area contributed by atoms with Gasteiger partial charge in [0.15, 0.2) is 11.5 Å². The summed E-state index contributed by atoms with van der Waals surface area (Å²) in [5, 5.41) is 3.64. The van der Waals surface area contributed by atoms with Gasteiger partial charge in [0.2, 0.25) is 0 Å². The molecule has 3 rings (SSSR count). The van der Waals surface area contributed by atoms with Crippen molar-refractivity contribution in [3.8, 4) is 0 Å². The van der Waals surface area contributed by atoms with E-state index < -0.39 is 0 Å². The van der Waals surface area contributed by atoms with E-state index in [0.717, 1.165) is 17.8 Å². The number of nitrogens with zero attached hydrogens (tertiary/aromatic N) is 3. The van der Waals surface area contributed by atoms with Crippen molar-refractivity contribution < 1.29 is 0 Å². The number of anilines is 1. The first kappa shape index (κ1) is 10.8. The summed E-state index contributed by atoms with van der Waals surface area (Å²) in [6.45, 7) is 4.33. The van der Waals surface area contributed by atoms with Crippen LogP contribution in [0.1, 0.15) is 20.3 Å². The van der Waals surface area contributed by atoms with Gasteiger partial charge in [-0.15, -0.1) is 11.6 Å². The molecule has 0 aliphatic heterocycles. The molecule has 0 radical (unpaired) electrons. The van der Waals surface area contributed by atoms with Crippen LogP contribution < -0.4 is 5.32 Å². The fourth-order valence-electron chi connectivity index (χ4n) is 2.16. The summed E-state index contributed by atoms with van der Waals surface area (Å²) in [5.74, 6) is 0.800. The average Bonchev–Trinajstić information content (AvgIpc) is 2.77. The van der Waals surface area contributed by atoms with Crippen LogP contribution in [0.2, 0.25) is 0 Å². The molecule has 1 aliphatic rings. The molecule has 0 aromatic carbocycles. The third-order valence-corrected chi connectivity index (χ3v) is 4.42. The quantitative estimate of drug-likeness (QED) is 0.803. The maximum absolute atomic E-state index is 6.21. The smallest absolute Gasteiger partial charge is 0.182 e. The summed E-state index contributed by atoms with van der Waals surface area (Å²) in [6, 6.07) is 0.339. The molecule has 90 valence electrons. The van der Waals surface area contributed by atoms with Gasteiger partial charge in [-0.2, -0.15) is 0 Å². The van der Waals surface area contributed by atoms with Crippen LogP contribution in [-0.2, 0) is 0 Å². The van der Waals surface area contributed by atoms with E-state index in [1.54, 1.807) is 6.33 Å². The van der Waals surface area contributed by atoms with Crippen LogP contribution in [-0.4, -0.2) is 31.4 Å². The first-order valence-corrected chi connectivity index (χ1v) is 6.07. The number of aromatic amines is 1. The molecule has 2 aromatic heterocycles. The van der Waals surface area contributed by atoms with E-state index in [1.807, 2.05) is 0 Å². The Hall–Kier alpha value is -1.36. The van der Waals surface area contributed by atoms with Gasteiger partial charge in [-0.05, 0) is 6.42 Å². The highest BCUT2D eigenvalue weighted by Gasteiger charge is 2.47. The molecule has 0 bridgehead atoms. The largest absolute Gasteiger partial charge is 0.365 e. The van der Waals surface area contributed by atoms with Crippen molar-refractivity contribution in [2.45, 2.75) is 31.7 Å². The van der Waals surface area contributed by atoms with E-state index in [-0.39, 0.29) is 10.8 Å². The van der Waals surface area contributed by atoms with Crippen molar-refractivity contribution in [1.29, 1.82) is 0 Å². The van der Waals surface area contributed by atoms with E-state index in [0.29, 0.717) is 11.7 Å². The fourth-order valence-corrected chi connectivity index (χ4v) is 2.49. The van der Waals surface area contributed by atoms with Gasteiger partial charge in [-0.25, -0.2) is 15.0 Å². The van der Waals surface area contributed by atoms with E-state index in [4.69, 9.17) is 11.6 Å². The minimum absolute atomic E-state index is 0.0822. The van der Waals surface area contributed by atoms with Crippen LogP contribution in [0.3, 0.4) is 0 Å². The standard InChI is InChI=1S/C11H14ClN5/c1-11(2)6(12)3-7(11)17-10-8-9(14-4-13-8)15-5-16-10/h4-7H,3H2,1-2H3,(H2,13,14,15,16,17). The zero-order valence-electron chi connectivity index (χ0n) is 9.74. The zero-order valence-corrected chi connectivity index (χ0v) is 10.5. The van der Waals surface area contributed by atoms with Crippen molar-refractivity contribution in [3.63, 3.8) is 0 Å². The predicted molar refractivity (Wildman–Crippen MR) is 67.1 cm³/mol. The number of alkyl halides is 1. The Bertz CT molecular complexity index is 550. The van der Waals surface area contributed by atoms with Gasteiger partial charge in [0.1, 0.15) is 11.8 Å². The van der Waals surface area contributed by atoms with Gasteiger partial charge in [0.05, 0.1) is 6.33 Å². The Labute approximate surface area is 104 Å². The first-order valence-electron chi connectivity index (χ1n) is 5.63. The monoisotopic (exact) mass is 251 g/mol. The van der Waals surface area contributed by atoms with Gasteiger partial charge in [-0.3, -0.25) is 0 Å². The number of H-pyrrole nitrogens is 1. The minimum atomic E-state index is 0.0822. The van der Waals surface area contributed by atoms with E-state index in [9.17, 15) is 0 Å². The molecule has 2 atom stereocenters. The van der Waals surface area contributed by atoms with Crippen LogP contribution in [0.25, 0.3) is 11.2 Å².